The smallest absolute Gasteiger partial charge is 0.224 e. The van der Waals surface area contributed by atoms with Crippen molar-refractivity contribution in [2.45, 2.75) is 45.3 Å². The first-order chi connectivity index (χ1) is 14.7. The zero-order chi connectivity index (χ0) is 20.8. The van der Waals surface area contributed by atoms with Crippen molar-refractivity contribution in [3.63, 3.8) is 0 Å². The van der Waals surface area contributed by atoms with Gasteiger partial charge in [-0.2, -0.15) is 0 Å². The van der Waals surface area contributed by atoms with Crippen LogP contribution < -0.4 is 5.32 Å². The zero-order valence-electron chi connectivity index (χ0n) is 17.7. The molecule has 5 heteroatoms. The highest BCUT2D eigenvalue weighted by Crippen LogP contribution is 2.20. The van der Waals surface area contributed by atoms with Crippen molar-refractivity contribution >= 4 is 5.91 Å². The summed E-state index contributed by atoms with van der Waals surface area (Å²) < 4.78 is 13.1. The van der Waals surface area contributed by atoms with Crippen molar-refractivity contribution in [1.82, 2.24) is 15.1 Å². The van der Waals surface area contributed by atoms with Gasteiger partial charge in [0.05, 0.1) is 5.92 Å². The van der Waals surface area contributed by atoms with Gasteiger partial charge in [-0.3, -0.25) is 14.6 Å². The Kier molecular flexibility index (Phi) is 7.13. The van der Waals surface area contributed by atoms with E-state index in [1.807, 2.05) is 12.1 Å². The molecule has 0 bridgehead atoms. The van der Waals surface area contributed by atoms with Gasteiger partial charge in [-0.1, -0.05) is 36.4 Å². The van der Waals surface area contributed by atoms with Crippen LogP contribution in [0.5, 0.6) is 0 Å². The lowest BCUT2D eigenvalue weighted by atomic mass is 9.96. The van der Waals surface area contributed by atoms with E-state index in [1.165, 1.54) is 49.2 Å². The van der Waals surface area contributed by atoms with Gasteiger partial charge in [0, 0.05) is 26.2 Å². The lowest BCUT2D eigenvalue weighted by molar-refractivity contribution is -0.126. The minimum atomic E-state index is -0.209. The molecular weight excluding hydrogens is 377 g/mol. The highest BCUT2D eigenvalue weighted by Gasteiger charge is 2.26. The van der Waals surface area contributed by atoms with Crippen LogP contribution in [0.4, 0.5) is 4.39 Å². The standard InChI is InChI=1S/C25H32FN3O/c26-24-11-9-20(10-12-24)17-29-15-5-8-23(19-29)25(30)27-16-21-6-1-2-7-22(21)18-28-13-3-4-14-28/h1-2,6-7,9-12,23H,3-5,8,13-19H2,(H,27,30). The van der Waals surface area contributed by atoms with Crippen LogP contribution in [-0.2, 0) is 24.4 Å². The molecule has 1 atom stereocenters. The fourth-order valence-corrected chi connectivity index (χ4v) is 4.65. The summed E-state index contributed by atoms with van der Waals surface area (Å²) in [5.74, 6) is -0.0422. The SMILES string of the molecule is O=C(NCc1ccccc1CN1CCCC1)C1CCCN(Cc2ccc(F)cc2)C1. The van der Waals surface area contributed by atoms with Crippen LogP contribution in [0.25, 0.3) is 0 Å². The molecule has 2 fully saturated rings. The van der Waals surface area contributed by atoms with Crippen molar-refractivity contribution < 1.29 is 9.18 Å². The summed E-state index contributed by atoms with van der Waals surface area (Å²) in [6.45, 7) is 6.43. The third-order valence-corrected chi connectivity index (χ3v) is 6.36. The molecule has 2 aliphatic heterocycles. The van der Waals surface area contributed by atoms with E-state index in [9.17, 15) is 9.18 Å². The Balaban J connectivity index is 1.30. The summed E-state index contributed by atoms with van der Waals surface area (Å²) in [6, 6.07) is 15.1. The maximum absolute atomic E-state index is 13.1. The normalized spacial score (nSPS) is 20.4. The highest BCUT2D eigenvalue weighted by molar-refractivity contribution is 5.79. The molecule has 30 heavy (non-hydrogen) atoms. The van der Waals surface area contributed by atoms with Gasteiger partial charge >= 0.3 is 0 Å². The van der Waals surface area contributed by atoms with E-state index in [0.29, 0.717) is 6.54 Å². The van der Waals surface area contributed by atoms with E-state index < -0.39 is 0 Å². The summed E-state index contributed by atoms with van der Waals surface area (Å²) in [6.07, 6.45) is 4.52. The summed E-state index contributed by atoms with van der Waals surface area (Å²) >= 11 is 0. The number of piperidine rings is 1. The number of benzene rings is 2. The molecule has 1 unspecified atom stereocenters. The molecule has 160 valence electrons. The van der Waals surface area contributed by atoms with Gasteiger partial charge in [0.15, 0.2) is 0 Å². The first-order valence-electron chi connectivity index (χ1n) is 11.2. The Morgan fingerprint density at radius 2 is 1.60 bits per heavy atom. The van der Waals surface area contributed by atoms with E-state index in [2.05, 4.69) is 39.4 Å². The highest BCUT2D eigenvalue weighted by atomic mass is 19.1. The lowest BCUT2D eigenvalue weighted by Crippen LogP contribution is -2.42. The first-order valence-corrected chi connectivity index (χ1v) is 11.2. The number of nitrogens with one attached hydrogen (secondary N) is 1. The van der Waals surface area contributed by atoms with Crippen molar-refractivity contribution in [3.8, 4) is 0 Å². The van der Waals surface area contributed by atoms with Gasteiger partial charge in [-0.25, -0.2) is 4.39 Å². The van der Waals surface area contributed by atoms with E-state index in [4.69, 9.17) is 0 Å². The van der Waals surface area contributed by atoms with Gasteiger partial charge < -0.3 is 5.32 Å². The van der Waals surface area contributed by atoms with Gasteiger partial charge in [0.2, 0.25) is 5.91 Å². The maximum Gasteiger partial charge on any atom is 0.224 e. The molecule has 2 aromatic carbocycles. The van der Waals surface area contributed by atoms with Crippen molar-refractivity contribution in [2.75, 3.05) is 26.2 Å². The Morgan fingerprint density at radius 1 is 0.900 bits per heavy atom. The summed E-state index contributed by atoms with van der Waals surface area (Å²) in [5, 5.41) is 3.19. The molecule has 4 rings (SSSR count). The minimum Gasteiger partial charge on any atom is -0.352 e. The number of hydrogen-bond acceptors (Lipinski definition) is 3. The number of hydrogen-bond donors (Lipinski definition) is 1. The number of likely N-dealkylation sites (tertiary alicyclic amines) is 2. The third-order valence-electron chi connectivity index (χ3n) is 6.36. The first kappa shape index (κ1) is 21.0. The van der Waals surface area contributed by atoms with Crippen molar-refractivity contribution in [3.05, 3.63) is 71.0 Å². The average molecular weight is 410 g/mol. The predicted octanol–water partition coefficient (Wildman–Crippen LogP) is 3.95. The number of carbonyl (C=O) groups excluding carboxylic acids is 1. The van der Waals surface area contributed by atoms with Crippen LogP contribution in [0, 0.1) is 11.7 Å². The lowest BCUT2D eigenvalue weighted by Gasteiger charge is -2.32. The van der Waals surface area contributed by atoms with Crippen molar-refractivity contribution in [2.24, 2.45) is 5.92 Å². The topological polar surface area (TPSA) is 35.6 Å². The van der Waals surface area contributed by atoms with Gasteiger partial charge in [0.25, 0.3) is 0 Å². The Morgan fingerprint density at radius 3 is 2.37 bits per heavy atom. The molecule has 2 saturated heterocycles. The van der Waals surface area contributed by atoms with Crippen LogP contribution in [0.15, 0.2) is 48.5 Å². The van der Waals surface area contributed by atoms with E-state index in [-0.39, 0.29) is 17.6 Å². The van der Waals surface area contributed by atoms with Gasteiger partial charge in [-0.15, -0.1) is 0 Å². The van der Waals surface area contributed by atoms with E-state index in [1.54, 1.807) is 0 Å². The monoisotopic (exact) mass is 409 g/mol. The summed E-state index contributed by atoms with van der Waals surface area (Å²) in [5.41, 5.74) is 3.63. The maximum atomic E-state index is 13.1. The second kappa shape index (κ2) is 10.2. The Bertz CT molecular complexity index is 833. The molecule has 0 saturated carbocycles. The molecule has 0 spiro atoms. The molecule has 1 N–H and O–H groups in total. The van der Waals surface area contributed by atoms with E-state index in [0.717, 1.165) is 44.6 Å². The van der Waals surface area contributed by atoms with Crippen LogP contribution in [0.2, 0.25) is 0 Å². The Labute approximate surface area is 179 Å². The van der Waals surface area contributed by atoms with Crippen LogP contribution >= 0.6 is 0 Å². The molecule has 0 radical (unpaired) electrons. The molecular formula is C25H32FN3O. The molecule has 4 nitrogen and oxygen atoms in total. The summed E-state index contributed by atoms with van der Waals surface area (Å²) in [7, 11) is 0. The molecule has 2 aromatic rings. The third kappa shape index (κ3) is 5.67. The number of amides is 1. The van der Waals surface area contributed by atoms with Crippen LogP contribution in [-0.4, -0.2) is 41.9 Å². The average Bonchev–Trinajstić information content (AvgIpc) is 3.28. The fraction of sp³-hybridized carbons (Fsp3) is 0.480. The van der Waals surface area contributed by atoms with Gasteiger partial charge in [-0.05, 0) is 74.1 Å². The number of rotatable bonds is 7. The number of halogens is 1. The molecule has 2 heterocycles. The van der Waals surface area contributed by atoms with Crippen LogP contribution in [0.1, 0.15) is 42.4 Å². The minimum absolute atomic E-state index is 0.0185. The second-order valence-electron chi connectivity index (χ2n) is 8.67. The molecule has 0 aromatic heterocycles. The second-order valence-corrected chi connectivity index (χ2v) is 8.67. The predicted molar refractivity (Wildman–Crippen MR) is 117 cm³/mol. The number of nitrogens with zero attached hydrogens (tertiary/aromatic N) is 2. The van der Waals surface area contributed by atoms with E-state index >= 15 is 0 Å². The largest absolute Gasteiger partial charge is 0.352 e. The van der Waals surface area contributed by atoms with Gasteiger partial charge in [0.1, 0.15) is 5.82 Å². The quantitative estimate of drug-likeness (QED) is 0.752. The summed E-state index contributed by atoms with van der Waals surface area (Å²) in [4.78, 5) is 17.7. The molecule has 1 amide bonds. The Hall–Kier alpha value is -2.24. The van der Waals surface area contributed by atoms with Crippen molar-refractivity contribution in [1.29, 1.82) is 0 Å². The molecule has 2 aliphatic rings. The van der Waals surface area contributed by atoms with Crippen LogP contribution in [0.3, 0.4) is 0 Å². The molecule has 0 aliphatic carbocycles. The zero-order valence-corrected chi connectivity index (χ0v) is 17.7. The fourth-order valence-electron chi connectivity index (χ4n) is 4.65. The number of carbonyl (C=O) groups is 1.